The Morgan fingerprint density at radius 3 is 2.70 bits per heavy atom. The monoisotopic (exact) mass is 367 g/mol. The molecule has 0 atom stereocenters. The van der Waals surface area contributed by atoms with Gasteiger partial charge in [-0.25, -0.2) is 0 Å². The van der Waals surface area contributed by atoms with Gasteiger partial charge in [-0.05, 0) is 43.5 Å². The highest BCUT2D eigenvalue weighted by molar-refractivity contribution is 6.05. The number of carbonyl (C=O) groups excluding carboxylic acids is 2. The van der Waals surface area contributed by atoms with E-state index in [2.05, 4.69) is 5.32 Å². The highest BCUT2D eigenvalue weighted by Crippen LogP contribution is 2.31. The predicted molar refractivity (Wildman–Crippen MR) is 103 cm³/mol. The summed E-state index contributed by atoms with van der Waals surface area (Å²) < 4.78 is 0. The molecule has 0 spiro atoms. The molecule has 3 rings (SSSR count). The van der Waals surface area contributed by atoms with Gasteiger partial charge in [-0.1, -0.05) is 19.1 Å². The van der Waals surface area contributed by atoms with Crippen LogP contribution in [0.3, 0.4) is 0 Å². The Morgan fingerprint density at radius 1 is 1.22 bits per heavy atom. The molecule has 0 saturated heterocycles. The Kier molecular flexibility index (Phi) is 5.21. The normalized spacial score (nSPS) is 13.0. The molecule has 27 heavy (non-hydrogen) atoms. The SMILES string of the molecule is CCC(=O)N1CCCc2ccc(NC(=O)c3ccc(C)c([N+](=O)[O-])c3)cc21. The molecule has 140 valence electrons. The molecule has 0 saturated carbocycles. The van der Waals surface area contributed by atoms with E-state index in [9.17, 15) is 19.7 Å². The third kappa shape index (κ3) is 3.81. The van der Waals surface area contributed by atoms with Crippen molar-refractivity contribution in [3.63, 3.8) is 0 Å². The first-order chi connectivity index (χ1) is 12.9. The molecule has 1 N–H and O–H groups in total. The van der Waals surface area contributed by atoms with Crippen LogP contribution in [-0.4, -0.2) is 23.3 Å². The van der Waals surface area contributed by atoms with Crippen molar-refractivity contribution in [2.45, 2.75) is 33.1 Å². The first-order valence-electron chi connectivity index (χ1n) is 8.90. The minimum atomic E-state index is -0.501. The molecule has 0 aliphatic carbocycles. The summed E-state index contributed by atoms with van der Waals surface area (Å²) in [6, 6.07) is 9.89. The van der Waals surface area contributed by atoms with Crippen molar-refractivity contribution in [1.29, 1.82) is 0 Å². The van der Waals surface area contributed by atoms with E-state index in [-0.39, 0.29) is 17.2 Å². The number of nitro groups is 1. The molecule has 1 aliphatic rings. The second kappa shape index (κ2) is 7.57. The van der Waals surface area contributed by atoms with Crippen LogP contribution in [0.2, 0.25) is 0 Å². The minimum Gasteiger partial charge on any atom is -0.322 e. The van der Waals surface area contributed by atoms with Crippen molar-refractivity contribution in [2.75, 3.05) is 16.8 Å². The van der Waals surface area contributed by atoms with Crippen LogP contribution in [0, 0.1) is 17.0 Å². The zero-order chi connectivity index (χ0) is 19.6. The Labute approximate surface area is 157 Å². The standard InChI is InChI=1S/C20H21N3O4/c1-3-19(24)22-10-4-5-14-8-9-16(12-18(14)22)21-20(25)15-7-6-13(2)17(11-15)23(26)27/h6-9,11-12H,3-5,10H2,1-2H3,(H,21,25). The fraction of sp³-hybridized carbons (Fsp3) is 0.300. The van der Waals surface area contributed by atoms with Gasteiger partial charge in [0.05, 0.1) is 4.92 Å². The van der Waals surface area contributed by atoms with Gasteiger partial charge >= 0.3 is 0 Å². The fourth-order valence-corrected chi connectivity index (χ4v) is 3.25. The third-order valence-electron chi connectivity index (χ3n) is 4.73. The number of hydrogen-bond acceptors (Lipinski definition) is 4. The van der Waals surface area contributed by atoms with Crippen LogP contribution in [0.1, 0.15) is 41.3 Å². The van der Waals surface area contributed by atoms with E-state index in [1.165, 1.54) is 6.07 Å². The van der Waals surface area contributed by atoms with Gasteiger partial charge in [-0.3, -0.25) is 19.7 Å². The molecule has 1 aliphatic heterocycles. The second-order valence-electron chi connectivity index (χ2n) is 6.56. The van der Waals surface area contributed by atoms with E-state index in [4.69, 9.17) is 0 Å². The number of anilines is 2. The van der Waals surface area contributed by atoms with Gasteiger partial charge < -0.3 is 10.2 Å². The summed E-state index contributed by atoms with van der Waals surface area (Å²) >= 11 is 0. The largest absolute Gasteiger partial charge is 0.322 e. The van der Waals surface area contributed by atoms with Gasteiger partial charge in [0.15, 0.2) is 0 Å². The molecular weight excluding hydrogens is 346 g/mol. The molecule has 0 bridgehead atoms. The summed E-state index contributed by atoms with van der Waals surface area (Å²) in [7, 11) is 0. The molecule has 7 heteroatoms. The highest BCUT2D eigenvalue weighted by Gasteiger charge is 2.22. The minimum absolute atomic E-state index is 0.0496. The Hall–Kier alpha value is -3.22. The van der Waals surface area contributed by atoms with Gasteiger partial charge in [0.2, 0.25) is 5.91 Å². The van der Waals surface area contributed by atoms with Crippen LogP contribution in [0.15, 0.2) is 36.4 Å². The summed E-state index contributed by atoms with van der Waals surface area (Å²) in [5.74, 6) is -0.379. The number of fused-ring (bicyclic) bond motifs is 1. The molecule has 2 aromatic carbocycles. The van der Waals surface area contributed by atoms with E-state index in [1.54, 1.807) is 36.1 Å². The lowest BCUT2D eigenvalue weighted by molar-refractivity contribution is -0.385. The summed E-state index contributed by atoms with van der Waals surface area (Å²) in [6.45, 7) is 4.12. The number of benzene rings is 2. The molecule has 7 nitrogen and oxygen atoms in total. The number of aryl methyl sites for hydroxylation is 2. The first-order valence-corrected chi connectivity index (χ1v) is 8.90. The molecule has 0 radical (unpaired) electrons. The van der Waals surface area contributed by atoms with E-state index in [1.807, 2.05) is 13.0 Å². The van der Waals surface area contributed by atoms with Gasteiger partial charge in [0.25, 0.3) is 11.6 Å². The van der Waals surface area contributed by atoms with E-state index >= 15 is 0 Å². The fourth-order valence-electron chi connectivity index (χ4n) is 3.25. The molecular formula is C20H21N3O4. The van der Waals surface area contributed by atoms with Crippen LogP contribution in [-0.2, 0) is 11.2 Å². The van der Waals surface area contributed by atoms with Crippen molar-refractivity contribution < 1.29 is 14.5 Å². The van der Waals surface area contributed by atoms with Gasteiger partial charge in [0.1, 0.15) is 0 Å². The second-order valence-corrected chi connectivity index (χ2v) is 6.56. The average Bonchev–Trinajstić information content (AvgIpc) is 2.66. The summed E-state index contributed by atoms with van der Waals surface area (Å²) in [5, 5.41) is 13.9. The molecule has 1 heterocycles. The Balaban J connectivity index is 1.86. The van der Waals surface area contributed by atoms with Crippen LogP contribution in [0.5, 0.6) is 0 Å². The maximum atomic E-state index is 12.5. The summed E-state index contributed by atoms with van der Waals surface area (Å²) in [6.07, 6.45) is 2.22. The number of carbonyl (C=O) groups is 2. The van der Waals surface area contributed by atoms with Crippen molar-refractivity contribution >= 4 is 28.9 Å². The zero-order valence-corrected chi connectivity index (χ0v) is 15.3. The van der Waals surface area contributed by atoms with Crippen molar-refractivity contribution in [3.05, 3.63) is 63.2 Å². The number of nitro benzene ring substituents is 1. The Morgan fingerprint density at radius 2 is 2.00 bits per heavy atom. The van der Waals surface area contributed by atoms with Crippen molar-refractivity contribution in [3.8, 4) is 0 Å². The molecule has 0 aromatic heterocycles. The maximum absolute atomic E-state index is 12.5. The number of rotatable bonds is 4. The topological polar surface area (TPSA) is 92.6 Å². The lowest BCUT2D eigenvalue weighted by Gasteiger charge is -2.29. The lowest BCUT2D eigenvalue weighted by atomic mass is 10.0. The summed E-state index contributed by atoms with van der Waals surface area (Å²) in [5.41, 5.74) is 3.07. The third-order valence-corrected chi connectivity index (χ3v) is 4.73. The van der Waals surface area contributed by atoms with Crippen LogP contribution >= 0.6 is 0 Å². The Bertz CT molecular complexity index is 923. The van der Waals surface area contributed by atoms with Crippen LogP contribution in [0.25, 0.3) is 0 Å². The van der Waals surface area contributed by atoms with E-state index in [0.717, 1.165) is 24.1 Å². The first kappa shape index (κ1) is 18.6. The van der Waals surface area contributed by atoms with Gasteiger partial charge in [-0.2, -0.15) is 0 Å². The molecule has 2 amide bonds. The molecule has 0 fully saturated rings. The average molecular weight is 367 g/mol. The van der Waals surface area contributed by atoms with Crippen molar-refractivity contribution in [2.24, 2.45) is 0 Å². The number of hydrogen-bond donors (Lipinski definition) is 1. The van der Waals surface area contributed by atoms with Gasteiger partial charge in [0, 0.05) is 41.5 Å². The molecule has 0 unspecified atom stereocenters. The number of nitrogens with one attached hydrogen (secondary N) is 1. The maximum Gasteiger partial charge on any atom is 0.273 e. The lowest BCUT2D eigenvalue weighted by Crippen LogP contribution is -2.35. The summed E-state index contributed by atoms with van der Waals surface area (Å²) in [4.78, 5) is 37.1. The molecule has 2 aromatic rings. The van der Waals surface area contributed by atoms with Gasteiger partial charge in [-0.15, -0.1) is 0 Å². The zero-order valence-electron chi connectivity index (χ0n) is 15.3. The van der Waals surface area contributed by atoms with Crippen molar-refractivity contribution in [1.82, 2.24) is 0 Å². The number of amides is 2. The van der Waals surface area contributed by atoms with E-state index < -0.39 is 10.8 Å². The number of nitrogens with zero attached hydrogens (tertiary/aromatic N) is 2. The van der Waals surface area contributed by atoms with Crippen LogP contribution < -0.4 is 10.2 Å². The van der Waals surface area contributed by atoms with Crippen LogP contribution in [0.4, 0.5) is 17.1 Å². The smallest absolute Gasteiger partial charge is 0.273 e. The quantitative estimate of drug-likeness (QED) is 0.656. The highest BCUT2D eigenvalue weighted by atomic mass is 16.6. The van der Waals surface area contributed by atoms with E-state index in [0.29, 0.717) is 24.2 Å². The predicted octanol–water partition coefficient (Wildman–Crippen LogP) is 3.84.